The zero-order valence-corrected chi connectivity index (χ0v) is 16.4. The first kappa shape index (κ1) is 20.7. The van der Waals surface area contributed by atoms with E-state index in [-0.39, 0.29) is 17.9 Å². The van der Waals surface area contributed by atoms with E-state index in [4.69, 9.17) is 4.74 Å². The molecule has 0 saturated heterocycles. The molecule has 0 saturated carbocycles. The maximum atomic E-state index is 12.5. The minimum atomic E-state index is -4.32. The second-order valence-electron chi connectivity index (χ2n) is 7.18. The van der Waals surface area contributed by atoms with Gasteiger partial charge in [0.25, 0.3) is 11.7 Å². The van der Waals surface area contributed by atoms with Crippen LogP contribution in [0.5, 0.6) is 5.75 Å². The number of alkyl halides is 3. The SMILES string of the molecule is O=C1C(=O)N(Cc2ccc(-c3ccccc3)cc2)c2ccc(OCCC(F)(F)F)cc21. The minimum absolute atomic E-state index is 0.123. The zero-order valence-electron chi connectivity index (χ0n) is 16.4. The van der Waals surface area contributed by atoms with Crippen molar-refractivity contribution in [2.75, 3.05) is 11.5 Å². The lowest BCUT2D eigenvalue weighted by atomic mass is 10.0. The normalized spacial score (nSPS) is 13.5. The minimum Gasteiger partial charge on any atom is -0.493 e. The van der Waals surface area contributed by atoms with Crippen molar-refractivity contribution in [2.45, 2.75) is 19.1 Å². The maximum absolute atomic E-state index is 12.5. The Morgan fingerprint density at radius 2 is 1.52 bits per heavy atom. The topological polar surface area (TPSA) is 46.6 Å². The van der Waals surface area contributed by atoms with Crippen LogP contribution >= 0.6 is 0 Å². The fourth-order valence-corrected chi connectivity index (χ4v) is 3.43. The Morgan fingerprint density at radius 3 is 2.19 bits per heavy atom. The number of hydrogen-bond acceptors (Lipinski definition) is 3. The number of carbonyl (C=O) groups excluding carboxylic acids is 2. The van der Waals surface area contributed by atoms with Gasteiger partial charge >= 0.3 is 6.18 Å². The van der Waals surface area contributed by atoms with Gasteiger partial charge in [-0.25, -0.2) is 0 Å². The molecule has 1 heterocycles. The van der Waals surface area contributed by atoms with Gasteiger partial charge in [0.15, 0.2) is 0 Å². The lowest BCUT2D eigenvalue weighted by molar-refractivity contribution is -0.139. The van der Waals surface area contributed by atoms with Crippen molar-refractivity contribution in [1.82, 2.24) is 0 Å². The Morgan fingerprint density at radius 1 is 0.839 bits per heavy atom. The van der Waals surface area contributed by atoms with Crippen molar-refractivity contribution in [3.63, 3.8) is 0 Å². The van der Waals surface area contributed by atoms with E-state index < -0.39 is 30.9 Å². The van der Waals surface area contributed by atoms with Gasteiger partial charge in [0.1, 0.15) is 5.75 Å². The molecule has 31 heavy (non-hydrogen) atoms. The van der Waals surface area contributed by atoms with E-state index >= 15 is 0 Å². The van der Waals surface area contributed by atoms with Gasteiger partial charge in [0.2, 0.25) is 0 Å². The number of nitrogens with zero attached hydrogens (tertiary/aromatic N) is 1. The monoisotopic (exact) mass is 425 g/mol. The number of amides is 1. The van der Waals surface area contributed by atoms with Crippen LogP contribution in [0.1, 0.15) is 22.3 Å². The number of ketones is 1. The van der Waals surface area contributed by atoms with Gasteiger partial charge in [-0.15, -0.1) is 0 Å². The molecule has 0 aromatic heterocycles. The standard InChI is InChI=1S/C24H18F3NO3/c25-24(26,27)12-13-31-19-10-11-21-20(14-19)22(29)23(30)28(21)15-16-6-8-18(9-7-16)17-4-2-1-3-5-17/h1-11,14H,12-13,15H2. The number of benzene rings is 3. The Balaban J connectivity index is 1.49. The molecular formula is C24H18F3NO3. The first-order valence-electron chi connectivity index (χ1n) is 9.66. The number of Topliss-reactive ketones (excluding diaryl/α,β-unsaturated/α-hetero) is 1. The van der Waals surface area contributed by atoms with Gasteiger partial charge in [0, 0.05) is 0 Å². The summed E-state index contributed by atoms with van der Waals surface area (Å²) in [5.41, 5.74) is 3.51. The molecule has 0 radical (unpaired) electrons. The molecule has 1 amide bonds. The lowest BCUT2D eigenvalue weighted by Gasteiger charge is -2.17. The van der Waals surface area contributed by atoms with Crippen LogP contribution in [0.4, 0.5) is 18.9 Å². The molecule has 7 heteroatoms. The van der Waals surface area contributed by atoms with Gasteiger partial charge in [-0.1, -0.05) is 54.6 Å². The van der Waals surface area contributed by atoms with E-state index in [0.717, 1.165) is 16.7 Å². The summed E-state index contributed by atoms with van der Waals surface area (Å²) in [6.07, 6.45) is -5.42. The fourth-order valence-electron chi connectivity index (χ4n) is 3.43. The van der Waals surface area contributed by atoms with E-state index in [0.29, 0.717) is 5.69 Å². The summed E-state index contributed by atoms with van der Waals surface area (Å²) in [5.74, 6) is -1.25. The van der Waals surface area contributed by atoms with Crippen molar-refractivity contribution in [3.05, 3.63) is 83.9 Å². The second-order valence-corrected chi connectivity index (χ2v) is 7.18. The fraction of sp³-hybridized carbons (Fsp3) is 0.167. The quantitative estimate of drug-likeness (QED) is 0.496. The number of fused-ring (bicyclic) bond motifs is 1. The predicted molar refractivity (Wildman–Crippen MR) is 110 cm³/mol. The van der Waals surface area contributed by atoms with Crippen molar-refractivity contribution in [2.24, 2.45) is 0 Å². The third-order valence-electron chi connectivity index (χ3n) is 5.00. The highest BCUT2D eigenvalue weighted by atomic mass is 19.4. The number of anilines is 1. The Kier molecular flexibility index (Phi) is 5.50. The van der Waals surface area contributed by atoms with Gasteiger partial charge in [-0.3, -0.25) is 9.59 Å². The van der Waals surface area contributed by atoms with E-state index in [1.54, 1.807) is 0 Å². The van der Waals surface area contributed by atoms with Crippen LogP contribution in [0.25, 0.3) is 11.1 Å². The Labute approximate surface area is 176 Å². The third kappa shape index (κ3) is 4.60. The molecule has 0 atom stereocenters. The predicted octanol–water partition coefficient (Wildman–Crippen LogP) is 5.41. The van der Waals surface area contributed by atoms with E-state index in [9.17, 15) is 22.8 Å². The highest BCUT2D eigenvalue weighted by Gasteiger charge is 2.36. The van der Waals surface area contributed by atoms with Crippen LogP contribution in [0.2, 0.25) is 0 Å². The average Bonchev–Trinajstić information content (AvgIpc) is 2.98. The van der Waals surface area contributed by atoms with Crippen molar-refractivity contribution >= 4 is 17.4 Å². The smallest absolute Gasteiger partial charge is 0.392 e. The van der Waals surface area contributed by atoms with Crippen LogP contribution in [-0.2, 0) is 11.3 Å². The largest absolute Gasteiger partial charge is 0.493 e. The van der Waals surface area contributed by atoms with Gasteiger partial charge in [0.05, 0.1) is 30.8 Å². The molecule has 1 aliphatic heterocycles. The van der Waals surface area contributed by atoms with Crippen LogP contribution in [0, 0.1) is 0 Å². The van der Waals surface area contributed by atoms with Gasteiger partial charge in [-0.05, 0) is 34.9 Å². The zero-order chi connectivity index (χ0) is 22.0. The first-order chi connectivity index (χ1) is 14.8. The molecule has 0 fully saturated rings. The van der Waals surface area contributed by atoms with Crippen molar-refractivity contribution in [3.8, 4) is 16.9 Å². The molecule has 0 spiro atoms. The Bertz CT molecular complexity index is 1110. The lowest BCUT2D eigenvalue weighted by Crippen LogP contribution is -2.29. The summed E-state index contributed by atoms with van der Waals surface area (Å²) in [6, 6.07) is 21.9. The molecule has 158 valence electrons. The van der Waals surface area contributed by atoms with Crippen LogP contribution in [0.15, 0.2) is 72.8 Å². The Hall–Kier alpha value is -3.61. The molecule has 1 aliphatic rings. The number of hydrogen-bond donors (Lipinski definition) is 0. The first-order valence-corrected chi connectivity index (χ1v) is 9.66. The number of carbonyl (C=O) groups is 2. The molecule has 0 unspecified atom stereocenters. The molecule has 4 nitrogen and oxygen atoms in total. The summed E-state index contributed by atoms with van der Waals surface area (Å²) >= 11 is 0. The molecule has 3 aromatic carbocycles. The van der Waals surface area contributed by atoms with E-state index in [1.807, 2.05) is 54.6 Å². The van der Waals surface area contributed by atoms with Crippen LogP contribution in [0.3, 0.4) is 0 Å². The third-order valence-corrected chi connectivity index (χ3v) is 5.00. The van der Waals surface area contributed by atoms with Gasteiger partial charge in [-0.2, -0.15) is 13.2 Å². The summed E-state index contributed by atoms with van der Waals surface area (Å²) in [4.78, 5) is 26.3. The highest BCUT2D eigenvalue weighted by Crippen LogP contribution is 2.34. The van der Waals surface area contributed by atoms with Gasteiger partial charge < -0.3 is 9.64 Å². The van der Waals surface area contributed by atoms with Crippen LogP contribution in [-0.4, -0.2) is 24.5 Å². The molecule has 0 aliphatic carbocycles. The molecule has 0 N–H and O–H groups in total. The number of halogens is 3. The summed E-state index contributed by atoms with van der Waals surface area (Å²) in [5, 5.41) is 0. The number of ether oxygens (including phenoxy) is 1. The molecule has 3 aromatic rings. The van der Waals surface area contributed by atoms with E-state index in [1.165, 1.54) is 23.1 Å². The van der Waals surface area contributed by atoms with Crippen molar-refractivity contribution in [1.29, 1.82) is 0 Å². The average molecular weight is 425 g/mol. The van der Waals surface area contributed by atoms with E-state index in [2.05, 4.69) is 0 Å². The van der Waals surface area contributed by atoms with Crippen LogP contribution < -0.4 is 9.64 Å². The molecular weight excluding hydrogens is 407 g/mol. The maximum Gasteiger partial charge on any atom is 0.392 e. The summed E-state index contributed by atoms with van der Waals surface area (Å²) in [7, 11) is 0. The molecule has 0 bridgehead atoms. The van der Waals surface area contributed by atoms with Crippen molar-refractivity contribution < 1.29 is 27.5 Å². The summed E-state index contributed by atoms with van der Waals surface area (Å²) in [6.45, 7) is -0.344. The highest BCUT2D eigenvalue weighted by molar-refractivity contribution is 6.52. The number of rotatable bonds is 6. The second kappa shape index (κ2) is 8.26. The summed E-state index contributed by atoms with van der Waals surface area (Å²) < 4.78 is 42.0. The molecule has 4 rings (SSSR count).